The Morgan fingerprint density at radius 3 is 2.82 bits per heavy atom. The van der Waals surface area contributed by atoms with Crippen molar-refractivity contribution < 1.29 is 19.1 Å². The van der Waals surface area contributed by atoms with Crippen molar-refractivity contribution in [2.24, 2.45) is 5.92 Å². The van der Waals surface area contributed by atoms with Crippen molar-refractivity contribution in [3.8, 4) is 0 Å². The van der Waals surface area contributed by atoms with Crippen molar-refractivity contribution in [1.29, 1.82) is 0 Å². The van der Waals surface area contributed by atoms with Crippen LogP contribution in [-0.4, -0.2) is 48.6 Å². The third-order valence-corrected chi connectivity index (χ3v) is 6.83. The topological polar surface area (TPSA) is 79.3 Å². The lowest BCUT2D eigenvalue weighted by atomic mass is 9.74. The Balaban J connectivity index is 1.75. The first-order valence-corrected chi connectivity index (χ1v) is 10.3. The Labute approximate surface area is 166 Å². The number of nitrogens with zero attached hydrogens (tertiary/aromatic N) is 2. The van der Waals surface area contributed by atoms with Gasteiger partial charge < -0.3 is 10.4 Å². The van der Waals surface area contributed by atoms with Crippen molar-refractivity contribution in [2.45, 2.75) is 24.7 Å². The zero-order valence-electron chi connectivity index (χ0n) is 15.7. The molecule has 2 aliphatic rings. The van der Waals surface area contributed by atoms with E-state index in [1.165, 1.54) is 23.5 Å². The number of nitrogens with one attached hydrogen (secondary N) is 1. The molecule has 0 bridgehead atoms. The molecule has 1 fully saturated rings. The molecule has 2 unspecified atom stereocenters. The van der Waals surface area contributed by atoms with Gasteiger partial charge in [0, 0.05) is 23.4 Å². The van der Waals surface area contributed by atoms with Crippen LogP contribution in [0.4, 0.5) is 10.1 Å². The summed E-state index contributed by atoms with van der Waals surface area (Å²) in [7, 11) is 1.77. The summed E-state index contributed by atoms with van der Waals surface area (Å²) in [5, 5.41) is 14.9. The first-order valence-electron chi connectivity index (χ1n) is 9.38. The Morgan fingerprint density at radius 2 is 2.18 bits per heavy atom. The van der Waals surface area contributed by atoms with Gasteiger partial charge in [0.05, 0.1) is 18.3 Å². The van der Waals surface area contributed by atoms with Crippen LogP contribution in [0.15, 0.2) is 29.1 Å². The summed E-state index contributed by atoms with van der Waals surface area (Å²) in [5.74, 6) is -2.10. The molecule has 1 saturated heterocycles. The van der Waals surface area contributed by atoms with Crippen molar-refractivity contribution >= 4 is 28.9 Å². The number of likely N-dealkylation sites (N-methyl/N-ethyl adjacent to an activating group) is 1. The normalized spacial score (nSPS) is 24.3. The van der Waals surface area contributed by atoms with Crippen molar-refractivity contribution in [1.82, 2.24) is 14.8 Å². The fourth-order valence-electron chi connectivity index (χ4n) is 4.80. The molecule has 6 nitrogen and oxygen atoms in total. The average Bonchev–Trinajstić information content (AvgIpc) is 3.24. The predicted octanol–water partition coefficient (Wildman–Crippen LogP) is 2.32. The van der Waals surface area contributed by atoms with E-state index in [4.69, 9.17) is 0 Å². The number of amides is 1. The van der Waals surface area contributed by atoms with Gasteiger partial charge in [0.1, 0.15) is 29.4 Å². The third kappa shape index (κ3) is 2.96. The summed E-state index contributed by atoms with van der Waals surface area (Å²) in [6.45, 7) is 1.49. The van der Waals surface area contributed by atoms with Crippen LogP contribution in [0.5, 0.6) is 0 Å². The van der Waals surface area contributed by atoms with Crippen LogP contribution in [0.25, 0.3) is 0 Å². The predicted molar refractivity (Wildman–Crippen MR) is 105 cm³/mol. The van der Waals surface area contributed by atoms with Crippen molar-refractivity contribution in [3.63, 3.8) is 0 Å². The van der Waals surface area contributed by atoms with Crippen LogP contribution >= 0.6 is 11.3 Å². The number of aromatic nitrogens is 1. The van der Waals surface area contributed by atoms with Crippen molar-refractivity contribution in [2.75, 3.05) is 26.7 Å². The molecule has 8 heteroatoms. The number of hydrogen-bond acceptors (Lipinski definition) is 5. The number of carbonyl (C=O) groups is 2. The second-order valence-electron chi connectivity index (χ2n) is 7.89. The number of halogens is 1. The van der Waals surface area contributed by atoms with Gasteiger partial charge in [-0.05, 0) is 38.1 Å². The number of piperidine rings is 1. The summed E-state index contributed by atoms with van der Waals surface area (Å²) in [5.41, 5.74) is 3.08. The fourth-order valence-corrected chi connectivity index (χ4v) is 5.37. The number of carbonyl (C=O) groups excluding carboxylic acids is 1. The molecule has 2 aromatic rings. The number of rotatable bonds is 5. The van der Waals surface area contributed by atoms with Crippen LogP contribution in [0, 0.1) is 11.7 Å². The second-order valence-corrected chi connectivity index (χ2v) is 8.61. The number of hydrogen-bond donors (Lipinski definition) is 2. The minimum absolute atomic E-state index is 0.0286. The van der Waals surface area contributed by atoms with Gasteiger partial charge in [-0.1, -0.05) is 0 Å². The van der Waals surface area contributed by atoms with Gasteiger partial charge in [-0.3, -0.25) is 4.79 Å². The molecule has 2 aliphatic heterocycles. The molecule has 3 heterocycles. The van der Waals surface area contributed by atoms with E-state index in [0.29, 0.717) is 31.6 Å². The number of aliphatic carboxylic acids is 1. The van der Waals surface area contributed by atoms with Crippen LogP contribution in [0.1, 0.15) is 24.1 Å². The number of carboxylic acid groups (broad SMARTS) is 1. The van der Waals surface area contributed by atoms with E-state index in [9.17, 15) is 19.1 Å². The van der Waals surface area contributed by atoms with Gasteiger partial charge >= 0.3 is 11.9 Å². The fraction of sp³-hybridized carbons (Fsp3) is 0.450. The van der Waals surface area contributed by atoms with E-state index < -0.39 is 17.3 Å². The van der Waals surface area contributed by atoms with Crippen molar-refractivity contribution in [3.05, 3.63) is 46.2 Å². The van der Waals surface area contributed by atoms with E-state index in [-0.39, 0.29) is 29.2 Å². The minimum Gasteiger partial charge on any atom is -0.481 e. The first kappa shape index (κ1) is 19.2. The summed E-state index contributed by atoms with van der Waals surface area (Å²) in [6, 6.07) is 4.48. The summed E-state index contributed by atoms with van der Waals surface area (Å²) >= 11 is 1.42. The lowest BCUT2D eigenvalue weighted by molar-refractivity contribution is -0.143. The van der Waals surface area contributed by atoms with E-state index in [2.05, 4.69) is 10.3 Å². The number of thiazole rings is 1. The molecule has 28 heavy (non-hydrogen) atoms. The zero-order valence-corrected chi connectivity index (χ0v) is 16.5. The monoisotopic (exact) mass is 404 g/mol. The van der Waals surface area contributed by atoms with Gasteiger partial charge in [0.25, 0.3) is 0 Å². The molecule has 1 aromatic heterocycles. The van der Waals surface area contributed by atoms with Gasteiger partial charge in [-0.25, -0.2) is 18.7 Å². The molecule has 0 aliphatic carbocycles. The zero-order chi connectivity index (χ0) is 19.9. The molecule has 0 radical (unpaired) electrons. The quantitative estimate of drug-likeness (QED) is 0.748. The Bertz CT molecular complexity index is 911. The smallest absolute Gasteiger partial charge is 0.329 e. The van der Waals surface area contributed by atoms with Crippen LogP contribution in [0.2, 0.25) is 0 Å². The average molecular weight is 404 g/mol. The van der Waals surface area contributed by atoms with Crippen LogP contribution in [0.3, 0.4) is 0 Å². The highest BCUT2D eigenvalue weighted by Crippen LogP contribution is 2.50. The highest BCUT2D eigenvalue weighted by Gasteiger charge is 2.61. The lowest BCUT2D eigenvalue weighted by Crippen LogP contribution is -2.58. The Hall–Kier alpha value is -2.16. The molecule has 0 saturated carbocycles. The maximum absolute atomic E-state index is 14.1. The minimum atomic E-state index is -0.949. The Morgan fingerprint density at radius 1 is 1.43 bits per heavy atom. The molecular formula is C20H23FN3O3S+. The number of carboxylic acids is 1. The van der Waals surface area contributed by atoms with E-state index >= 15 is 0 Å². The van der Waals surface area contributed by atoms with Crippen LogP contribution < -0.4 is 9.80 Å². The second kappa shape index (κ2) is 7.02. The Kier molecular flexibility index (Phi) is 4.81. The first-order chi connectivity index (χ1) is 13.4. The number of benzene rings is 1. The largest absolute Gasteiger partial charge is 0.481 e. The molecule has 4 rings (SSSR count). The summed E-state index contributed by atoms with van der Waals surface area (Å²) < 4.78 is 14.0. The van der Waals surface area contributed by atoms with E-state index in [1.54, 1.807) is 18.6 Å². The highest BCUT2D eigenvalue weighted by atomic mass is 32.1. The van der Waals surface area contributed by atoms with Gasteiger partial charge in [-0.15, -0.1) is 11.3 Å². The maximum atomic E-state index is 14.1. The van der Waals surface area contributed by atoms with Gasteiger partial charge in [0.2, 0.25) is 0 Å². The maximum Gasteiger partial charge on any atom is 0.329 e. The molecule has 2 N–H and O–H groups in total. The molecule has 148 valence electrons. The van der Waals surface area contributed by atoms with E-state index in [1.807, 2.05) is 5.38 Å². The molecule has 2 atom stereocenters. The van der Waals surface area contributed by atoms with Gasteiger partial charge in [0.15, 0.2) is 0 Å². The summed E-state index contributed by atoms with van der Waals surface area (Å²) in [6.07, 6.45) is 1.46. The molecule has 1 amide bonds. The third-order valence-electron chi connectivity index (χ3n) is 6.19. The number of fused-ring (bicyclic) bond motifs is 2. The standard InChI is InChI=1S/C20H22FN3O3S/c1-24(10-13(18(25)26)8-15-11-28-12-23-15)17-3-2-14(21)9-16(17)20(19(24)27)4-6-22-7-5-20/h2-3,9,11-13,22H,4-8,10H2,1H3/p+1. The summed E-state index contributed by atoms with van der Waals surface area (Å²) in [4.78, 5) is 29.9. The number of quaternary nitrogens is 1. The van der Waals surface area contributed by atoms with Gasteiger partial charge in [-0.2, -0.15) is 0 Å². The highest BCUT2D eigenvalue weighted by molar-refractivity contribution is 7.07. The lowest BCUT2D eigenvalue weighted by Gasteiger charge is -2.34. The van der Waals surface area contributed by atoms with Crippen LogP contribution in [-0.2, 0) is 21.4 Å². The van der Waals surface area contributed by atoms with E-state index in [0.717, 1.165) is 11.3 Å². The molecule has 1 aromatic carbocycles. The molecular weight excluding hydrogens is 381 g/mol. The SMILES string of the molecule is C[N+]1(CC(Cc2cscn2)C(=O)O)C(=O)C2(CCNCC2)c2cc(F)ccc21. The molecule has 1 spiro atoms.